The van der Waals surface area contributed by atoms with Crippen LogP contribution in [0.5, 0.6) is 0 Å². The fourth-order valence-electron chi connectivity index (χ4n) is 1.84. The molecule has 1 amide bonds. The highest BCUT2D eigenvalue weighted by Gasteiger charge is 2.20. The minimum atomic E-state index is -0.459. The number of esters is 1. The van der Waals surface area contributed by atoms with Crippen LogP contribution in [0.2, 0.25) is 0 Å². The van der Waals surface area contributed by atoms with Crippen molar-refractivity contribution in [3.8, 4) is 0 Å². The fraction of sp³-hybridized carbons (Fsp3) is 0.308. The van der Waals surface area contributed by atoms with Crippen molar-refractivity contribution < 1.29 is 14.3 Å². The third-order valence-corrected chi connectivity index (χ3v) is 3.90. The Bertz CT molecular complexity index is 672. The van der Waals surface area contributed by atoms with E-state index in [1.54, 1.807) is 18.5 Å². The van der Waals surface area contributed by atoms with E-state index >= 15 is 0 Å². The first-order chi connectivity index (χ1) is 9.43. The first kappa shape index (κ1) is 14.3. The molecule has 2 aromatic rings. The zero-order valence-electron chi connectivity index (χ0n) is 11.7. The lowest BCUT2D eigenvalue weighted by molar-refractivity contribution is 0.0607. The Hall–Kier alpha value is -2.15. The Morgan fingerprint density at radius 3 is 2.65 bits per heavy atom. The Kier molecular flexibility index (Phi) is 3.89. The van der Waals surface area contributed by atoms with Gasteiger partial charge < -0.3 is 10.1 Å². The maximum absolute atomic E-state index is 12.2. The Morgan fingerprint density at radius 1 is 1.40 bits per heavy atom. The minimum absolute atomic E-state index is 0.306. The third kappa shape index (κ3) is 2.57. The maximum Gasteiger partial charge on any atom is 0.350 e. The van der Waals surface area contributed by atoms with Crippen molar-refractivity contribution in [2.75, 3.05) is 12.4 Å². The van der Waals surface area contributed by atoms with Gasteiger partial charge in [-0.05, 0) is 30.9 Å². The van der Waals surface area contributed by atoms with Crippen molar-refractivity contribution in [2.45, 2.75) is 13.8 Å². The summed E-state index contributed by atoms with van der Waals surface area (Å²) in [6.45, 7) is 3.64. The van der Waals surface area contributed by atoms with Gasteiger partial charge in [0.25, 0.3) is 5.91 Å². The van der Waals surface area contributed by atoms with Crippen LogP contribution in [0.3, 0.4) is 0 Å². The van der Waals surface area contributed by atoms with Gasteiger partial charge in [-0.1, -0.05) is 0 Å². The van der Waals surface area contributed by atoms with Crippen molar-refractivity contribution in [1.29, 1.82) is 0 Å². The van der Waals surface area contributed by atoms with Crippen LogP contribution in [0.4, 0.5) is 5.69 Å². The highest BCUT2D eigenvalue weighted by molar-refractivity contribution is 7.12. The Labute approximate surface area is 120 Å². The van der Waals surface area contributed by atoms with E-state index in [2.05, 4.69) is 10.4 Å². The fourth-order valence-corrected chi connectivity index (χ4v) is 2.77. The largest absolute Gasteiger partial charge is 0.465 e. The van der Waals surface area contributed by atoms with E-state index < -0.39 is 5.97 Å². The average Bonchev–Trinajstić information content (AvgIpc) is 2.92. The minimum Gasteiger partial charge on any atom is -0.465 e. The lowest BCUT2D eigenvalue weighted by Gasteiger charge is -2.07. The van der Waals surface area contributed by atoms with Gasteiger partial charge in [0.2, 0.25) is 0 Å². The number of ether oxygens (including phenoxy) is 1. The SMILES string of the molecule is COC(=O)c1scc(C)c1NC(=O)c1cc(C)nn1C. The van der Waals surface area contributed by atoms with Gasteiger partial charge in [-0.25, -0.2) is 4.79 Å². The number of carbonyl (C=O) groups is 2. The number of aryl methyl sites for hydroxylation is 3. The molecule has 0 bridgehead atoms. The first-order valence-corrected chi connectivity index (χ1v) is 6.80. The number of hydrogen-bond donors (Lipinski definition) is 1. The number of thiophene rings is 1. The number of rotatable bonds is 3. The van der Waals surface area contributed by atoms with Crippen LogP contribution in [0.15, 0.2) is 11.4 Å². The summed E-state index contributed by atoms with van der Waals surface area (Å²) in [5.41, 5.74) is 2.50. The number of methoxy groups -OCH3 is 1. The molecule has 1 N–H and O–H groups in total. The van der Waals surface area contributed by atoms with Gasteiger partial charge in [0.05, 0.1) is 18.5 Å². The second kappa shape index (κ2) is 5.46. The lowest BCUT2D eigenvalue weighted by atomic mass is 10.2. The molecule has 0 aliphatic carbocycles. The Morgan fingerprint density at radius 2 is 2.10 bits per heavy atom. The molecule has 0 unspecified atom stereocenters. The van der Waals surface area contributed by atoms with Crippen molar-refractivity contribution in [3.63, 3.8) is 0 Å². The molecule has 0 aliphatic rings. The van der Waals surface area contributed by atoms with E-state index in [0.717, 1.165) is 11.3 Å². The summed E-state index contributed by atoms with van der Waals surface area (Å²) in [6.07, 6.45) is 0. The van der Waals surface area contributed by atoms with Crippen LogP contribution in [-0.4, -0.2) is 28.8 Å². The van der Waals surface area contributed by atoms with Gasteiger partial charge in [0.15, 0.2) is 0 Å². The van der Waals surface area contributed by atoms with E-state index in [0.29, 0.717) is 16.3 Å². The van der Waals surface area contributed by atoms with E-state index in [-0.39, 0.29) is 5.91 Å². The number of hydrogen-bond acceptors (Lipinski definition) is 5. The molecular formula is C13H15N3O3S. The van der Waals surface area contributed by atoms with E-state index in [4.69, 9.17) is 4.74 Å². The molecule has 20 heavy (non-hydrogen) atoms. The summed E-state index contributed by atoms with van der Waals surface area (Å²) in [7, 11) is 3.01. The van der Waals surface area contributed by atoms with E-state index in [1.807, 2.05) is 13.8 Å². The van der Waals surface area contributed by atoms with Gasteiger partial charge in [0, 0.05) is 7.05 Å². The maximum atomic E-state index is 12.2. The molecule has 106 valence electrons. The summed E-state index contributed by atoms with van der Waals surface area (Å²) >= 11 is 1.24. The van der Waals surface area contributed by atoms with Gasteiger partial charge >= 0.3 is 5.97 Å². The highest BCUT2D eigenvalue weighted by Crippen LogP contribution is 2.28. The normalized spacial score (nSPS) is 10.4. The number of nitrogens with zero attached hydrogens (tertiary/aromatic N) is 2. The van der Waals surface area contributed by atoms with Crippen LogP contribution < -0.4 is 5.32 Å². The van der Waals surface area contributed by atoms with Crippen LogP contribution in [0, 0.1) is 13.8 Å². The number of carbonyl (C=O) groups excluding carboxylic acids is 2. The number of anilines is 1. The summed E-state index contributed by atoms with van der Waals surface area (Å²) in [4.78, 5) is 24.3. The van der Waals surface area contributed by atoms with E-state index in [9.17, 15) is 9.59 Å². The Balaban J connectivity index is 2.30. The second-order valence-electron chi connectivity index (χ2n) is 4.36. The first-order valence-electron chi connectivity index (χ1n) is 5.92. The molecule has 0 fully saturated rings. The van der Waals surface area contributed by atoms with Crippen molar-refractivity contribution in [1.82, 2.24) is 9.78 Å². The number of aromatic nitrogens is 2. The predicted octanol–water partition coefficient (Wildman–Crippen LogP) is 2.14. The van der Waals surface area contributed by atoms with Crippen molar-refractivity contribution in [3.05, 3.63) is 33.3 Å². The number of amides is 1. The molecule has 2 aromatic heterocycles. The summed E-state index contributed by atoms with van der Waals surface area (Å²) in [5.74, 6) is -0.765. The summed E-state index contributed by atoms with van der Waals surface area (Å²) in [5, 5.41) is 8.68. The molecule has 0 saturated carbocycles. The summed E-state index contributed by atoms with van der Waals surface area (Å²) < 4.78 is 6.21. The molecule has 0 aromatic carbocycles. The lowest BCUT2D eigenvalue weighted by Crippen LogP contribution is -2.18. The van der Waals surface area contributed by atoms with E-state index in [1.165, 1.54) is 23.1 Å². The molecule has 2 rings (SSSR count). The van der Waals surface area contributed by atoms with Crippen LogP contribution >= 0.6 is 11.3 Å². The van der Waals surface area contributed by atoms with Gasteiger partial charge in [-0.15, -0.1) is 11.3 Å². The van der Waals surface area contributed by atoms with Crippen LogP contribution in [0.1, 0.15) is 31.4 Å². The predicted molar refractivity (Wildman–Crippen MR) is 76.3 cm³/mol. The highest BCUT2D eigenvalue weighted by atomic mass is 32.1. The van der Waals surface area contributed by atoms with Crippen molar-refractivity contribution >= 4 is 28.9 Å². The smallest absolute Gasteiger partial charge is 0.350 e. The molecule has 6 nitrogen and oxygen atoms in total. The summed E-state index contributed by atoms with van der Waals surface area (Å²) in [6, 6.07) is 1.69. The molecule has 0 saturated heterocycles. The van der Waals surface area contributed by atoms with Gasteiger partial charge in [-0.2, -0.15) is 5.10 Å². The average molecular weight is 293 g/mol. The molecule has 0 spiro atoms. The van der Waals surface area contributed by atoms with Crippen LogP contribution in [0.25, 0.3) is 0 Å². The topological polar surface area (TPSA) is 73.2 Å². The molecule has 0 atom stereocenters. The second-order valence-corrected chi connectivity index (χ2v) is 5.24. The zero-order chi connectivity index (χ0) is 14.9. The molecule has 0 radical (unpaired) electrons. The molecular weight excluding hydrogens is 278 g/mol. The molecule has 7 heteroatoms. The standard InChI is InChI=1S/C13H15N3O3S/c1-7-6-20-11(13(18)19-4)10(7)14-12(17)9-5-8(2)15-16(9)3/h5-6H,1-4H3,(H,14,17). The van der Waals surface area contributed by atoms with Crippen LogP contribution in [-0.2, 0) is 11.8 Å². The zero-order valence-corrected chi connectivity index (χ0v) is 12.5. The quantitative estimate of drug-likeness (QED) is 0.880. The monoisotopic (exact) mass is 293 g/mol. The molecule has 0 aliphatic heterocycles. The third-order valence-electron chi connectivity index (χ3n) is 2.82. The van der Waals surface area contributed by atoms with Gasteiger partial charge in [0.1, 0.15) is 10.6 Å². The van der Waals surface area contributed by atoms with Crippen molar-refractivity contribution in [2.24, 2.45) is 7.05 Å². The van der Waals surface area contributed by atoms with Gasteiger partial charge in [-0.3, -0.25) is 9.48 Å². The molecule has 2 heterocycles. The number of nitrogens with one attached hydrogen (secondary N) is 1.